The molecule has 3 saturated heterocycles. The van der Waals surface area contributed by atoms with Crippen molar-refractivity contribution in [2.75, 3.05) is 6.61 Å². The molecule has 2 aromatic carbocycles. The molecule has 1 aromatic heterocycles. The van der Waals surface area contributed by atoms with Crippen LogP contribution >= 0.6 is 0 Å². The van der Waals surface area contributed by atoms with E-state index in [1.54, 1.807) is 0 Å². The second-order valence-electron chi connectivity index (χ2n) is 13.3. The smallest absolute Gasteiger partial charge is 0.311 e. The van der Waals surface area contributed by atoms with Crippen molar-refractivity contribution < 1.29 is 99.2 Å². The zero-order chi connectivity index (χ0) is 39.6. The summed E-state index contributed by atoms with van der Waals surface area (Å²) < 4.78 is 38.4. The molecule has 0 aliphatic carbocycles. The van der Waals surface area contributed by atoms with Crippen molar-refractivity contribution in [1.82, 2.24) is 0 Å². The van der Waals surface area contributed by atoms with Gasteiger partial charge in [-0.1, -0.05) is 0 Å². The zero-order valence-corrected chi connectivity index (χ0v) is 28.3. The van der Waals surface area contributed by atoms with Gasteiger partial charge in [0.05, 0.1) is 18.8 Å². The number of ether oxygens (including phenoxy) is 6. The van der Waals surface area contributed by atoms with Crippen LogP contribution < -0.4 is 10.2 Å². The van der Waals surface area contributed by atoms with E-state index in [-0.39, 0.29) is 22.7 Å². The fourth-order valence-electron chi connectivity index (χ4n) is 6.35. The summed E-state index contributed by atoms with van der Waals surface area (Å²) in [5.41, 5.74) is -1.24. The maximum atomic E-state index is 13.8. The molecule has 3 aliphatic heterocycles. The van der Waals surface area contributed by atoms with E-state index in [4.69, 9.17) is 32.8 Å². The molecule has 3 aliphatic rings. The highest BCUT2D eigenvalue weighted by Crippen LogP contribution is 2.40. The lowest BCUT2D eigenvalue weighted by atomic mass is 9.96. The highest BCUT2D eigenvalue weighted by atomic mass is 16.9. The van der Waals surface area contributed by atoms with Gasteiger partial charge in [0.1, 0.15) is 77.0 Å². The minimum Gasteiger partial charge on any atom is -0.508 e. The van der Waals surface area contributed by atoms with Crippen LogP contribution in [0.25, 0.3) is 22.3 Å². The molecule has 0 radical (unpaired) electrons. The molecule has 21 nitrogen and oxygen atoms in total. The number of phenols is 3. The minimum absolute atomic E-state index is 0.109. The van der Waals surface area contributed by atoms with Gasteiger partial charge in [-0.3, -0.25) is 4.79 Å². The molecular weight excluding hydrogens is 732 g/mol. The summed E-state index contributed by atoms with van der Waals surface area (Å²) in [4.78, 5) is 13.8. The van der Waals surface area contributed by atoms with Crippen molar-refractivity contribution in [2.45, 2.75) is 105 Å². The number of benzene rings is 2. The van der Waals surface area contributed by atoms with Gasteiger partial charge in [-0.15, -0.1) is 0 Å². The number of aliphatic hydroxyl groups excluding tert-OH is 8. The Morgan fingerprint density at radius 3 is 1.98 bits per heavy atom. The standard InChI is InChI=1S/C33H40O21/c1-10-19(37)24(42)29(45)32(46,52-10)54-30-25(43)20(38)11(2)53-33(30,47)48-9-17-21(39)23(41)26(44)31(50-17)51-28-22(40)18-15(36)7-14(35)8-16(18)49-27(28)12-3-5-13(34)6-4-12/h3-8,10-11,17,19-21,23-26,29-31,34-39,41-47H,9H2,1-2H3/t10-,11-,17+,19-,20-,21-,23-,24+,25+,26+,29+,30+,31-,32-,33+/m0/s1. The quantitative estimate of drug-likeness (QED) is 0.0973. The maximum Gasteiger partial charge on any atom is 0.311 e. The van der Waals surface area contributed by atoms with Crippen LogP contribution in [0.2, 0.25) is 0 Å². The summed E-state index contributed by atoms with van der Waals surface area (Å²) in [6.45, 7) is 1.34. The minimum atomic E-state index is -3.26. The topological polar surface area (TPSA) is 349 Å². The Hall–Kier alpha value is -3.75. The summed E-state index contributed by atoms with van der Waals surface area (Å²) in [5.74, 6) is -8.89. The Morgan fingerprint density at radius 2 is 1.33 bits per heavy atom. The van der Waals surface area contributed by atoms with E-state index in [1.807, 2.05) is 0 Å². The van der Waals surface area contributed by atoms with Crippen LogP contribution in [-0.4, -0.2) is 164 Å². The van der Waals surface area contributed by atoms with Gasteiger partial charge in [0.25, 0.3) is 0 Å². The first-order valence-electron chi connectivity index (χ1n) is 16.5. The lowest BCUT2D eigenvalue weighted by molar-refractivity contribution is -0.517. The Morgan fingerprint density at radius 1 is 0.722 bits per heavy atom. The Kier molecular flexibility index (Phi) is 10.9. The molecule has 4 heterocycles. The zero-order valence-electron chi connectivity index (χ0n) is 28.3. The first-order valence-corrected chi connectivity index (χ1v) is 16.5. The summed E-state index contributed by atoms with van der Waals surface area (Å²) in [6.07, 6.45) is -25.5. The summed E-state index contributed by atoms with van der Waals surface area (Å²) in [6, 6.07) is 6.98. The highest BCUT2D eigenvalue weighted by Gasteiger charge is 2.62. The van der Waals surface area contributed by atoms with E-state index in [2.05, 4.69) is 0 Å². The fraction of sp³-hybridized carbons (Fsp3) is 0.545. The van der Waals surface area contributed by atoms with Crippen LogP contribution in [0.1, 0.15) is 13.8 Å². The van der Waals surface area contributed by atoms with Gasteiger partial charge in [-0.25, -0.2) is 0 Å². The van der Waals surface area contributed by atoms with E-state index in [1.165, 1.54) is 38.1 Å². The summed E-state index contributed by atoms with van der Waals surface area (Å²) >= 11 is 0. The van der Waals surface area contributed by atoms with Gasteiger partial charge >= 0.3 is 11.9 Å². The van der Waals surface area contributed by atoms with Crippen molar-refractivity contribution in [2.24, 2.45) is 0 Å². The van der Waals surface area contributed by atoms with Crippen LogP contribution in [0.5, 0.6) is 23.0 Å². The van der Waals surface area contributed by atoms with Crippen molar-refractivity contribution in [3.8, 4) is 34.3 Å². The third kappa shape index (κ3) is 7.09. The monoisotopic (exact) mass is 772 g/mol. The maximum absolute atomic E-state index is 13.8. The molecule has 21 heteroatoms. The molecule has 0 bridgehead atoms. The molecule has 0 amide bonds. The Labute approximate surface area is 303 Å². The lowest BCUT2D eigenvalue weighted by Crippen LogP contribution is -2.72. The highest BCUT2D eigenvalue weighted by molar-refractivity contribution is 5.88. The molecule has 298 valence electrons. The van der Waals surface area contributed by atoms with E-state index < -0.39 is 126 Å². The average Bonchev–Trinajstić information content (AvgIpc) is 3.11. The van der Waals surface area contributed by atoms with E-state index >= 15 is 0 Å². The molecule has 13 N–H and O–H groups in total. The van der Waals surface area contributed by atoms with Crippen LogP contribution in [0.15, 0.2) is 45.6 Å². The first-order chi connectivity index (χ1) is 25.3. The molecule has 15 atom stereocenters. The van der Waals surface area contributed by atoms with Gasteiger partial charge in [0.15, 0.2) is 18.0 Å². The Bertz CT molecular complexity index is 1870. The normalized spacial score (nSPS) is 40.1. The second-order valence-corrected chi connectivity index (χ2v) is 13.3. The van der Waals surface area contributed by atoms with Gasteiger partial charge in [0, 0.05) is 17.7 Å². The number of aromatic hydroxyl groups is 3. The van der Waals surface area contributed by atoms with E-state index in [9.17, 15) is 71.2 Å². The number of phenolic OH excluding ortho intramolecular Hbond substituents is 3. The van der Waals surface area contributed by atoms with Gasteiger partial charge in [-0.05, 0) is 38.1 Å². The molecule has 0 unspecified atom stereocenters. The number of rotatable bonds is 8. The average molecular weight is 773 g/mol. The molecule has 0 spiro atoms. The van der Waals surface area contributed by atoms with E-state index in [0.29, 0.717) is 0 Å². The SMILES string of the molecule is C[C@@H]1O[C@](O)(O[C@@H]2[C@H](O)[C@@H](O)[C@H](C)O[C@]2(O)OC[C@H]2O[C@@H](Oc3c(-c4ccc(O)cc4)oc4cc(O)cc(O)c4c3=O)[C@H](O)[C@@H](O)[C@H]2O)[C@H](O)[C@H](O)[C@H]1O. The third-order valence-electron chi connectivity index (χ3n) is 9.44. The molecule has 6 rings (SSSR count). The van der Waals surface area contributed by atoms with Crippen LogP contribution in [0.4, 0.5) is 0 Å². The second kappa shape index (κ2) is 14.7. The lowest BCUT2D eigenvalue weighted by Gasteiger charge is -2.51. The van der Waals surface area contributed by atoms with Gasteiger partial charge < -0.3 is 99.2 Å². The van der Waals surface area contributed by atoms with Gasteiger partial charge in [-0.2, -0.15) is 0 Å². The predicted molar refractivity (Wildman–Crippen MR) is 172 cm³/mol. The van der Waals surface area contributed by atoms with Crippen LogP contribution in [0.3, 0.4) is 0 Å². The molecule has 3 aromatic rings. The van der Waals surface area contributed by atoms with Crippen LogP contribution in [-0.2, 0) is 23.7 Å². The van der Waals surface area contributed by atoms with Crippen molar-refractivity contribution in [1.29, 1.82) is 0 Å². The molecule has 0 saturated carbocycles. The first kappa shape index (κ1) is 39.9. The van der Waals surface area contributed by atoms with E-state index in [0.717, 1.165) is 12.1 Å². The number of fused-ring (bicyclic) bond motifs is 1. The van der Waals surface area contributed by atoms with Crippen molar-refractivity contribution in [3.05, 3.63) is 46.6 Å². The molecular formula is C33H40O21. The number of aliphatic hydroxyl groups is 10. The molecule has 3 fully saturated rings. The third-order valence-corrected chi connectivity index (χ3v) is 9.44. The predicted octanol–water partition coefficient (Wildman–Crippen LogP) is -3.90. The summed E-state index contributed by atoms with van der Waals surface area (Å²) in [5, 5.41) is 137. The fourth-order valence-corrected chi connectivity index (χ4v) is 6.35. The number of hydrogen-bond donors (Lipinski definition) is 13. The van der Waals surface area contributed by atoms with Crippen molar-refractivity contribution in [3.63, 3.8) is 0 Å². The number of hydrogen-bond acceptors (Lipinski definition) is 21. The van der Waals surface area contributed by atoms with Gasteiger partial charge in [0.2, 0.25) is 17.5 Å². The Balaban J connectivity index is 1.29. The molecule has 54 heavy (non-hydrogen) atoms. The van der Waals surface area contributed by atoms with Crippen molar-refractivity contribution >= 4 is 11.0 Å². The largest absolute Gasteiger partial charge is 0.508 e. The van der Waals surface area contributed by atoms with Crippen LogP contribution in [0, 0.1) is 0 Å². The summed E-state index contributed by atoms with van der Waals surface area (Å²) in [7, 11) is 0.